The van der Waals surface area contributed by atoms with Crippen molar-refractivity contribution in [1.29, 1.82) is 0 Å². The molecule has 0 saturated heterocycles. The van der Waals surface area contributed by atoms with Crippen molar-refractivity contribution >= 4 is 85.1 Å². The maximum Gasteiger partial charge on any atom is 0.167 e. The highest BCUT2D eigenvalue weighted by molar-refractivity contribution is 7.26. The Balaban J connectivity index is 1.04. The number of rotatable bonds is 5. The molecule has 0 N–H and O–H groups in total. The van der Waals surface area contributed by atoms with Crippen LogP contribution in [0.4, 0.5) is 0 Å². The Kier molecular flexibility index (Phi) is 7.17. The lowest BCUT2D eigenvalue weighted by Gasteiger charge is -2.09. The van der Waals surface area contributed by atoms with Crippen molar-refractivity contribution in [3.8, 4) is 56.8 Å². The standard InChI is InChI=1S/C49H27N5OS2/c1-3-13-28(14-4-1)41-45-42(35-18-8-10-24-39(35)56-45)51-47(50-41)30-25-26-32-34-20-12-22-37(44(34)57-40(32)27-30)49-53-46(29-15-5-2-6-16-29)52-48(54-49)36-21-11-19-33-31-17-7-9-23-38(31)55-43(33)36/h1-27H. The predicted molar refractivity (Wildman–Crippen MR) is 236 cm³/mol. The van der Waals surface area contributed by atoms with Gasteiger partial charge in [0.05, 0.1) is 21.5 Å². The number of fused-ring (bicyclic) bond motifs is 9. The first kappa shape index (κ1) is 32.1. The summed E-state index contributed by atoms with van der Waals surface area (Å²) in [5.74, 6) is 2.48. The van der Waals surface area contributed by atoms with Gasteiger partial charge in [0.1, 0.15) is 11.2 Å². The number of thiophene rings is 2. The summed E-state index contributed by atoms with van der Waals surface area (Å²) in [6, 6.07) is 56.2. The van der Waals surface area contributed by atoms with Crippen molar-refractivity contribution in [1.82, 2.24) is 24.9 Å². The molecule has 0 bridgehead atoms. The monoisotopic (exact) mass is 765 g/mol. The molecular formula is C49H27N5OS2. The molecule has 0 atom stereocenters. The first-order valence-electron chi connectivity index (χ1n) is 18.7. The molecule has 0 unspecified atom stereocenters. The highest BCUT2D eigenvalue weighted by Gasteiger charge is 2.21. The van der Waals surface area contributed by atoms with Crippen LogP contribution >= 0.6 is 22.7 Å². The molecule has 0 spiro atoms. The molecule has 8 heteroatoms. The summed E-state index contributed by atoms with van der Waals surface area (Å²) >= 11 is 3.48. The topological polar surface area (TPSA) is 77.6 Å². The van der Waals surface area contributed by atoms with Crippen molar-refractivity contribution in [2.45, 2.75) is 0 Å². The third-order valence-electron chi connectivity index (χ3n) is 10.6. The molecular weight excluding hydrogens is 739 g/mol. The van der Waals surface area contributed by atoms with Gasteiger partial charge in [-0.1, -0.05) is 133 Å². The van der Waals surface area contributed by atoms with E-state index in [-0.39, 0.29) is 0 Å². The van der Waals surface area contributed by atoms with E-state index in [0.29, 0.717) is 23.3 Å². The van der Waals surface area contributed by atoms with Crippen molar-refractivity contribution in [3.63, 3.8) is 0 Å². The minimum absolute atomic E-state index is 0.562. The maximum atomic E-state index is 6.45. The SMILES string of the molecule is c1ccc(-c2nc(-c3cccc4c3oc3ccccc34)nc(-c3cccc4c3sc3cc(-c5nc(-c6ccccc6)c6sc7ccccc7c6n5)ccc34)n2)cc1. The van der Waals surface area contributed by atoms with Crippen molar-refractivity contribution in [3.05, 3.63) is 164 Å². The van der Waals surface area contributed by atoms with Gasteiger partial charge in [0.2, 0.25) is 0 Å². The van der Waals surface area contributed by atoms with Crippen LogP contribution in [0, 0.1) is 0 Å². The fourth-order valence-electron chi connectivity index (χ4n) is 7.88. The summed E-state index contributed by atoms with van der Waals surface area (Å²) in [5.41, 5.74) is 8.25. The second-order valence-corrected chi connectivity index (χ2v) is 16.1. The van der Waals surface area contributed by atoms with E-state index in [4.69, 9.17) is 29.3 Å². The van der Waals surface area contributed by atoms with E-state index in [1.165, 1.54) is 4.70 Å². The summed E-state index contributed by atoms with van der Waals surface area (Å²) in [4.78, 5) is 25.9. The van der Waals surface area contributed by atoms with Gasteiger partial charge in [0, 0.05) is 63.3 Å². The van der Waals surface area contributed by atoms with E-state index in [1.54, 1.807) is 22.7 Å². The van der Waals surface area contributed by atoms with E-state index in [9.17, 15) is 0 Å². The molecule has 0 aliphatic rings. The van der Waals surface area contributed by atoms with Crippen LogP contribution in [0.1, 0.15) is 0 Å². The van der Waals surface area contributed by atoms with Gasteiger partial charge in [0.25, 0.3) is 0 Å². The molecule has 0 radical (unpaired) electrons. The number of nitrogens with zero attached hydrogens (tertiary/aromatic N) is 5. The maximum absolute atomic E-state index is 6.45. The summed E-state index contributed by atoms with van der Waals surface area (Å²) in [6.45, 7) is 0. The number of benzene rings is 7. The van der Waals surface area contributed by atoms with Crippen molar-refractivity contribution < 1.29 is 4.42 Å². The van der Waals surface area contributed by atoms with Crippen LogP contribution in [0.2, 0.25) is 0 Å². The van der Waals surface area contributed by atoms with Crippen molar-refractivity contribution in [2.75, 3.05) is 0 Å². The number of furan rings is 1. The Labute approximate surface area is 333 Å². The zero-order valence-corrected chi connectivity index (χ0v) is 31.7. The summed E-state index contributed by atoms with van der Waals surface area (Å²) < 4.78 is 11.0. The Bertz CT molecular complexity index is 3540. The van der Waals surface area contributed by atoms with Gasteiger partial charge in [0.15, 0.2) is 23.3 Å². The van der Waals surface area contributed by atoms with E-state index >= 15 is 0 Å². The number of hydrogen-bond acceptors (Lipinski definition) is 8. The Morgan fingerprint density at radius 1 is 0.368 bits per heavy atom. The van der Waals surface area contributed by atoms with Crippen LogP contribution in [0.25, 0.3) is 119 Å². The third-order valence-corrected chi connectivity index (χ3v) is 12.9. The van der Waals surface area contributed by atoms with Gasteiger partial charge >= 0.3 is 0 Å². The van der Waals surface area contributed by atoms with Gasteiger partial charge in [-0.3, -0.25) is 0 Å². The molecule has 12 aromatic rings. The van der Waals surface area contributed by atoms with Crippen LogP contribution in [-0.2, 0) is 0 Å². The highest BCUT2D eigenvalue weighted by atomic mass is 32.1. The molecule has 266 valence electrons. The minimum Gasteiger partial charge on any atom is -0.455 e. The number of hydrogen-bond donors (Lipinski definition) is 0. The zero-order chi connectivity index (χ0) is 37.5. The van der Waals surface area contributed by atoms with E-state index < -0.39 is 0 Å². The average Bonchev–Trinajstić information content (AvgIpc) is 3.97. The first-order valence-corrected chi connectivity index (χ1v) is 20.3. The van der Waals surface area contributed by atoms with Crippen LogP contribution in [0.3, 0.4) is 0 Å². The zero-order valence-electron chi connectivity index (χ0n) is 30.0. The van der Waals surface area contributed by atoms with Gasteiger partial charge in [-0.2, -0.15) is 0 Å². The fourth-order valence-corrected chi connectivity index (χ4v) is 10.3. The highest BCUT2D eigenvalue weighted by Crippen LogP contribution is 2.43. The molecule has 7 aromatic carbocycles. The lowest BCUT2D eigenvalue weighted by atomic mass is 10.1. The Hall–Kier alpha value is -7.13. The largest absolute Gasteiger partial charge is 0.455 e. The minimum atomic E-state index is 0.562. The fraction of sp³-hybridized carbons (Fsp3) is 0. The molecule has 0 amide bonds. The first-order chi connectivity index (χ1) is 28.2. The van der Waals surface area contributed by atoms with Crippen LogP contribution < -0.4 is 0 Å². The second-order valence-electron chi connectivity index (χ2n) is 14.0. The molecule has 12 rings (SSSR count). The summed E-state index contributed by atoms with van der Waals surface area (Å²) in [6.07, 6.45) is 0. The van der Waals surface area contributed by atoms with Crippen LogP contribution in [0.5, 0.6) is 0 Å². The quantitative estimate of drug-likeness (QED) is 0.174. The van der Waals surface area contributed by atoms with Crippen molar-refractivity contribution in [2.24, 2.45) is 0 Å². The molecule has 0 saturated carbocycles. The van der Waals surface area contributed by atoms with Crippen LogP contribution in [-0.4, -0.2) is 24.9 Å². The van der Waals surface area contributed by atoms with Gasteiger partial charge < -0.3 is 4.42 Å². The molecule has 5 aromatic heterocycles. The Morgan fingerprint density at radius 3 is 1.84 bits per heavy atom. The smallest absolute Gasteiger partial charge is 0.167 e. The van der Waals surface area contributed by atoms with Gasteiger partial charge in [-0.25, -0.2) is 24.9 Å². The number of para-hydroxylation sites is 2. The van der Waals surface area contributed by atoms with Gasteiger partial charge in [-0.15, -0.1) is 22.7 Å². The normalized spacial score (nSPS) is 11.9. The molecule has 0 aliphatic heterocycles. The predicted octanol–water partition coefficient (Wildman–Crippen LogP) is 13.6. The average molecular weight is 766 g/mol. The summed E-state index contributed by atoms with van der Waals surface area (Å²) in [7, 11) is 0. The lowest BCUT2D eigenvalue weighted by Crippen LogP contribution is -2.00. The van der Waals surface area contributed by atoms with Crippen LogP contribution in [0.15, 0.2) is 168 Å². The molecule has 5 heterocycles. The number of aromatic nitrogens is 5. The van der Waals surface area contributed by atoms with E-state index in [2.05, 4.69) is 97.1 Å². The molecule has 0 aliphatic carbocycles. The lowest BCUT2D eigenvalue weighted by molar-refractivity contribution is 0.669. The summed E-state index contributed by atoms with van der Waals surface area (Å²) in [5, 5.41) is 5.54. The molecule has 6 nitrogen and oxygen atoms in total. The Morgan fingerprint density at radius 2 is 1.00 bits per heavy atom. The third kappa shape index (κ3) is 5.19. The second kappa shape index (κ2) is 12.7. The molecule has 57 heavy (non-hydrogen) atoms. The van der Waals surface area contributed by atoms with E-state index in [1.807, 2.05) is 66.7 Å². The van der Waals surface area contributed by atoms with E-state index in [0.717, 1.165) is 91.2 Å². The van der Waals surface area contributed by atoms with Gasteiger partial charge in [-0.05, 0) is 30.3 Å². The molecule has 0 fully saturated rings.